The van der Waals surface area contributed by atoms with Crippen LogP contribution in [-0.2, 0) is 30.6 Å². The van der Waals surface area contributed by atoms with Crippen LogP contribution >= 0.6 is 18.2 Å². The number of esters is 1. The molecule has 0 amide bonds. The zero-order chi connectivity index (χ0) is 28.5. The van der Waals surface area contributed by atoms with Gasteiger partial charge < -0.3 is 29.4 Å². The third-order valence-corrected chi connectivity index (χ3v) is 8.43. The van der Waals surface area contributed by atoms with E-state index in [1.165, 1.54) is 6.92 Å². The number of rotatable bonds is 10. The molecule has 0 spiro atoms. The number of halogens is 2. The summed E-state index contributed by atoms with van der Waals surface area (Å²) >= 11 is 11.7. The van der Waals surface area contributed by atoms with Crippen molar-refractivity contribution in [2.75, 3.05) is 12.3 Å². The fourth-order valence-corrected chi connectivity index (χ4v) is 6.44. The van der Waals surface area contributed by atoms with E-state index in [4.69, 9.17) is 47.7 Å². The summed E-state index contributed by atoms with van der Waals surface area (Å²) in [7, 11) is 0. The van der Waals surface area contributed by atoms with Gasteiger partial charge in [0.15, 0.2) is 17.4 Å². The van der Waals surface area contributed by atoms with E-state index < -0.39 is 54.4 Å². The summed E-state index contributed by atoms with van der Waals surface area (Å²) in [5.41, 5.74) is 4.73. The number of nitrogens with one attached hydrogen (secondary N) is 2. The van der Waals surface area contributed by atoms with Gasteiger partial charge in [0.05, 0.1) is 19.0 Å². The van der Waals surface area contributed by atoms with Gasteiger partial charge in [0.1, 0.15) is 24.0 Å². The molecule has 2 aromatic heterocycles. The number of para-hydroxylation sites is 1. The van der Waals surface area contributed by atoms with Crippen LogP contribution in [0.1, 0.15) is 27.0 Å². The second-order valence-electron chi connectivity index (χ2n) is 8.96. The number of aliphatic hydroxyl groups excluding tert-OH is 1. The number of hydrogen-bond acceptors (Lipinski definition) is 11. The smallest absolute Gasteiger partial charge is 0.323 e. The number of anilines is 1. The van der Waals surface area contributed by atoms with Crippen molar-refractivity contribution in [2.24, 2.45) is 0 Å². The van der Waals surface area contributed by atoms with Gasteiger partial charge in [-0.05, 0) is 44.7 Å². The summed E-state index contributed by atoms with van der Waals surface area (Å²) in [4.78, 5) is 34.7. The molecule has 3 heterocycles. The molecular formula is C22H27ClFN6O7PS. The maximum atomic E-state index is 15.6. The van der Waals surface area contributed by atoms with Crippen molar-refractivity contribution in [3.8, 4) is 5.75 Å². The lowest BCUT2D eigenvalue weighted by Gasteiger charge is -2.28. The minimum absolute atomic E-state index is 0.102. The molecule has 1 saturated heterocycles. The number of aliphatic hydroxyl groups is 1. The zero-order valence-corrected chi connectivity index (χ0v) is 23.5. The van der Waals surface area contributed by atoms with Crippen LogP contribution in [0.15, 0.2) is 41.5 Å². The number of fused-ring (bicyclic) bond motifs is 1. The first-order valence-corrected chi connectivity index (χ1v) is 14.7. The minimum Gasteiger partial charge on any atom is -0.462 e. The molecule has 39 heavy (non-hydrogen) atoms. The fourth-order valence-electron chi connectivity index (χ4n) is 3.73. The molecule has 1 fully saturated rings. The first-order valence-electron chi connectivity index (χ1n) is 11.7. The van der Waals surface area contributed by atoms with Crippen LogP contribution in [0.25, 0.3) is 11.2 Å². The molecule has 1 aliphatic heterocycles. The van der Waals surface area contributed by atoms with E-state index in [0.717, 1.165) is 10.9 Å². The lowest BCUT2D eigenvalue weighted by atomic mass is 10.1. The first-order chi connectivity index (χ1) is 18.3. The SMILES string of the molecule is CC(C)OC(=O)[C@@H](C)N[P@](=S)(OC[C@H]1O[C@@H](n2cnc3c(=O)[nH]c(N)nc32)[C@@](F)(Cl)[C@@H]1O)Oc1ccccc1. The molecule has 1 aliphatic rings. The maximum Gasteiger partial charge on any atom is 0.323 e. The molecule has 13 nitrogen and oxygen atoms in total. The summed E-state index contributed by atoms with van der Waals surface area (Å²) in [6.07, 6.45) is -4.20. The molecule has 0 bridgehead atoms. The Morgan fingerprint density at radius 1 is 1.41 bits per heavy atom. The second kappa shape index (κ2) is 11.5. The fraction of sp³-hybridized carbons (Fsp3) is 0.455. The summed E-state index contributed by atoms with van der Waals surface area (Å²) in [6, 6.07) is 7.54. The zero-order valence-electron chi connectivity index (χ0n) is 21.0. The lowest BCUT2D eigenvalue weighted by molar-refractivity contribution is -0.149. The van der Waals surface area contributed by atoms with Crippen LogP contribution in [0, 0.1) is 0 Å². The molecule has 212 valence electrons. The van der Waals surface area contributed by atoms with Crippen molar-refractivity contribution in [2.45, 2.75) is 56.5 Å². The molecule has 1 aromatic carbocycles. The van der Waals surface area contributed by atoms with Crippen molar-refractivity contribution >= 4 is 53.1 Å². The van der Waals surface area contributed by atoms with Crippen LogP contribution in [0.2, 0.25) is 0 Å². The Morgan fingerprint density at radius 3 is 2.77 bits per heavy atom. The van der Waals surface area contributed by atoms with Gasteiger partial charge in [-0.15, -0.1) is 0 Å². The number of alkyl halides is 2. The van der Waals surface area contributed by atoms with Crippen molar-refractivity contribution in [1.82, 2.24) is 24.6 Å². The van der Waals surface area contributed by atoms with E-state index in [2.05, 4.69) is 20.0 Å². The molecule has 0 aliphatic carbocycles. The third kappa shape index (κ3) is 6.40. The molecule has 5 N–H and O–H groups in total. The number of imidazole rings is 1. The van der Waals surface area contributed by atoms with Gasteiger partial charge in [-0.3, -0.25) is 19.1 Å². The molecule has 17 heteroatoms. The Hall–Kier alpha value is -2.65. The quantitative estimate of drug-likeness (QED) is 0.151. The number of aromatic nitrogens is 4. The monoisotopic (exact) mass is 604 g/mol. The van der Waals surface area contributed by atoms with E-state index >= 15 is 4.39 Å². The van der Waals surface area contributed by atoms with Gasteiger partial charge in [-0.25, -0.2) is 14.5 Å². The molecule has 0 radical (unpaired) electrons. The molecule has 4 rings (SSSR count). The maximum absolute atomic E-state index is 15.6. The number of nitrogens with zero attached hydrogens (tertiary/aromatic N) is 3. The van der Waals surface area contributed by atoms with Crippen molar-refractivity contribution < 1.29 is 32.8 Å². The molecule has 0 unspecified atom stereocenters. The van der Waals surface area contributed by atoms with E-state index in [0.29, 0.717) is 5.75 Å². The molecule has 0 saturated carbocycles. The highest BCUT2D eigenvalue weighted by molar-refractivity contribution is 8.09. The number of benzene rings is 1. The highest BCUT2D eigenvalue weighted by Gasteiger charge is 2.58. The van der Waals surface area contributed by atoms with Gasteiger partial charge in [-0.1, -0.05) is 29.8 Å². The average Bonchev–Trinajstić information content (AvgIpc) is 3.36. The highest BCUT2D eigenvalue weighted by Crippen LogP contribution is 2.49. The summed E-state index contributed by atoms with van der Waals surface area (Å²) < 4.78 is 39.4. The van der Waals surface area contributed by atoms with Gasteiger partial charge >= 0.3 is 12.6 Å². The Morgan fingerprint density at radius 2 is 2.10 bits per heavy atom. The van der Waals surface area contributed by atoms with Crippen molar-refractivity contribution in [1.29, 1.82) is 0 Å². The van der Waals surface area contributed by atoms with Crippen molar-refractivity contribution in [3.63, 3.8) is 0 Å². The van der Waals surface area contributed by atoms with Crippen LogP contribution in [0.5, 0.6) is 5.75 Å². The van der Waals surface area contributed by atoms with Gasteiger partial charge in [-0.2, -0.15) is 4.98 Å². The Labute approximate surface area is 232 Å². The van der Waals surface area contributed by atoms with E-state index in [-0.39, 0.29) is 23.2 Å². The Balaban J connectivity index is 1.56. The average molecular weight is 605 g/mol. The van der Waals surface area contributed by atoms with Crippen LogP contribution < -0.4 is 20.9 Å². The third-order valence-electron chi connectivity index (χ3n) is 5.52. The standard InChI is InChI=1S/C22H27ClFN6O7PS/c1-11(2)35-19(33)12(3)29-38(39,37-13-7-5-4-6-8-13)34-9-14-16(31)22(23,24)20(36-14)30-10-26-15-17(30)27-21(25)28-18(15)32/h4-8,10-12,14,16,20,31H,9H2,1-3H3,(H,29,39)(H3,25,27,28,32)/t12-,14-,16-,20-,22-,38+/m1/s1. The van der Waals surface area contributed by atoms with Crippen molar-refractivity contribution in [3.05, 3.63) is 47.0 Å². The largest absolute Gasteiger partial charge is 0.462 e. The number of nitrogen functional groups attached to an aromatic ring is 1. The number of H-pyrrole nitrogens is 1. The van der Waals surface area contributed by atoms with Gasteiger partial charge in [0.25, 0.3) is 10.7 Å². The van der Waals surface area contributed by atoms with Crippen LogP contribution in [-0.4, -0.2) is 66.7 Å². The topological polar surface area (TPSA) is 176 Å². The van der Waals surface area contributed by atoms with Gasteiger partial charge in [0.2, 0.25) is 5.95 Å². The highest BCUT2D eigenvalue weighted by atomic mass is 35.5. The molecule has 3 aromatic rings. The van der Waals surface area contributed by atoms with Crippen LogP contribution in [0.3, 0.4) is 0 Å². The molecule has 6 atom stereocenters. The number of nitrogens with two attached hydrogens (primary N) is 1. The first kappa shape index (κ1) is 29.3. The van der Waals surface area contributed by atoms with E-state index in [1.807, 2.05) is 0 Å². The number of hydrogen-bond donors (Lipinski definition) is 4. The summed E-state index contributed by atoms with van der Waals surface area (Å²) in [5.74, 6) is -0.477. The van der Waals surface area contributed by atoms with Crippen LogP contribution in [0.4, 0.5) is 10.3 Å². The van der Waals surface area contributed by atoms with E-state index in [9.17, 15) is 14.7 Å². The molecular weight excluding hydrogens is 578 g/mol. The number of carbonyl (C=O) groups excluding carboxylic acids is 1. The Bertz CT molecular complexity index is 1440. The Kier molecular flexibility index (Phi) is 8.61. The normalized spacial score (nSPS) is 25.5. The summed E-state index contributed by atoms with van der Waals surface area (Å²) in [6.45, 7) is 0.925. The number of ether oxygens (including phenoxy) is 2. The lowest BCUT2D eigenvalue weighted by Crippen LogP contribution is -2.40. The van der Waals surface area contributed by atoms with Gasteiger partial charge in [0, 0.05) is 0 Å². The second-order valence-corrected chi connectivity index (χ2v) is 12.7. The number of aromatic amines is 1. The van der Waals surface area contributed by atoms with E-state index in [1.54, 1.807) is 44.2 Å². The number of carbonyl (C=O) groups is 1. The predicted octanol–water partition coefficient (Wildman–Crippen LogP) is 2.11. The predicted molar refractivity (Wildman–Crippen MR) is 143 cm³/mol. The summed E-state index contributed by atoms with van der Waals surface area (Å²) in [5, 5.41) is 10.7. The minimum atomic E-state index is -3.52.